The quantitative estimate of drug-likeness (QED) is 0.186. The standard InChI is InChI=1S/C44H36N4/c45-28-36-23-40(43-47-41(34-12-6-2-7-13-34)46-42(48-43)35-14-8-3-9-15-35)39(32-10-4-1-5-11-32)24-38(36)33-16-18-37(19-17-33)44-25-29-20-30(26-44)22-31(21-29)27-44/h1-19,23-24,29-31H,20-22,25-27H2/t29-,30+,31-,44?. The van der Waals surface area contributed by atoms with Crippen LogP contribution in [0.4, 0.5) is 0 Å². The van der Waals surface area contributed by atoms with Crippen molar-refractivity contribution in [3.05, 3.63) is 139 Å². The van der Waals surface area contributed by atoms with Gasteiger partial charge in [-0.25, -0.2) is 15.0 Å². The minimum Gasteiger partial charge on any atom is -0.208 e. The van der Waals surface area contributed by atoms with Crippen molar-refractivity contribution in [3.8, 4) is 62.5 Å². The van der Waals surface area contributed by atoms with E-state index in [0.29, 0.717) is 28.5 Å². The highest BCUT2D eigenvalue weighted by Crippen LogP contribution is 2.60. The van der Waals surface area contributed by atoms with Crippen LogP contribution in [0.5, 0.6) is 0 Å². The van der Waals surface area contributed by atoms with Crippen molar-refractivity contribution in [2.24, 2.45) is 17.8 Å². The maximum absolute atomic E-state index is 10.6. The highest BCUT2D eigenvalue weighted by atomic mass is 15.0. The fraction of sp³-hybridized carbons (Fsp3) is 0.227. The fourth-order valence-corrected chi connectivity index (χ4v) is 9.37. The summed E-state index contributed by atoms with van der Waals surface area (Å²) < 4.78 is 0. The molecule has 1 aromatic heterocycles. The summed E-state index contributed by atoms with van der Waals surface area (Å²) in [6, 6.07) is 46.3. The third-order valence-electron chi connectivity index (χ3n) is 11.1. The van der Waals surface area contributed by atoms with Crippen molar-refractivity contribution < 1.29 is 0 Å². The average molecular weight is 621 g/mol. The zero-order valence-corrected chi connectivity index (χ0v) is 26.9. The van der Waals surface area contributed by atoms with Gasteiger partial charge in [-0.1, -0.05) is 115 Å². The smallest absolute Gasteiger partial charge is 0.164 e. The van der Waals surface area contributed by atoms with E-state index in [0.717, 1.165) is 56.7 Å². The maximum Gasteiger partial charge on any atom is 0.164 e. The molecular formula is C44H36N4. The Morgan fingerprint density at radius 3 is 1.44 bits per heavy atom. The van der Waals surface area contributed by atoms with Crippen LogP contribution in [-0.4, -0.2) is 15.0 Å². The van der Waals surface area contributed by atoms with Gasteiger partial charge in [-0.05, 0) is 96.1 Å². The van der Waals surface area contributed by atoms with Gasteiger partial charge in [0.05, 0.1) is 11.6 Å². The molecule has 48 heavy (non-hydrogen) atoms. The molecule has 0 aliphatic heterocycles. The lowest BCUT2D eigenvalue weighted by Gasteiger charge is -2.57. The van der Waals surface area contributed by atoms with Crippen LogP contribution in [0.25, 0.3) is 56.4 Å². The third-order valence-corrected chi connectivity index (χ3v) is 11.1. The average Bonchev–Trinajstić information content (AvgIpc) is 3.15. The molecule has 4 heteroatoms. The molecule has 4 aliphatic carbocycles. The number of nitriles is 1. The molecule has 0 atom stereocenters. The first kappa shape index (κ1) is 28.8. The summed E-state index contributed by atoms with van der Waals surface area (Å²) >= 11 is 0. The van der Waals surface area contributed by atoms with Gasteiger partial charge in [-0.3, -0.25) is 0 Å². The molecule has 5 aromatic carbocycles. The molecule has 4 saturated carbocycles. The van der Waals surface area contributed by atoms with Crippen molar-refractivity contribution in [1.82, 2.24) is 15.0 Å². The van der Waals surface area contributed by atoms with Gasteiger partial charge in [0.25, 0.3) is 0 Å². The number of benzene rings is 5. The molecule has 6 aromatic rings. The van der Waals surface area contributed by atoms with Gasteiger partial charge >= 0.3 is 0 Å². The second-order valence-electron chi connectivity index (χ2n) is 14.2. The molecule has 0 N–H and O–H groups in total. The van der Waals surface area contributed by atoms with E-state index in [-0.39, 0.29) is 0 Å². The minimum absolute atomic E-state index is 0.343. The van der Waals surface area contributed by atoms with Gasteiger partial charge in [0.2, 0.25) is 0 Å². The largest absolute Gasteiger partial charge is 0.208 e. The molecule has 0 radical (unpaired) electrons. The van der Waals surface area contributed by atoms with E-state index in [4.69, 9.17) is 15.0 Å². The molecular weight excluding hydrogens is 585 g/mol. The second-order valence-corrected chi connectivity index (χ2v) is 14.2. The van der Waals surface area contributed by atoms with Crippen LogP contribution in [0.15, 0.2) is 127 Å². The topological polar surface area (TPSA) is 62.5 Å². The Morgan fingerprint density at radius 2 is 0.938 bits per heavy atom. The summed E-state index contributed by atoms with van der Waals surface area (Å²) in [5, 5.41) is 10.6. The Bertz CT molecular complexity index is 2060. The van der Waals surface area contributed by atoms with Crippen LogP contribution < -0.4 is 0 Å². The lowest BCUT2D eigenvalue weighted by atomic mass is 9.48. The van der Waals surface area contributed by atoms with E-state index < -0.39 is 0 Å². The van der Waals surface area contributed by atoms with Gasteiger partial charge in [0.15, 0.2) is 17.5 Å². The van der Waals surface area contributed by atoms with E-state index in [1.165, 1.54) is 44.1 Å². The predicted octanol–water partition coefficient (Wildman–Crippen LogP) is 10.5. The number of rotatable bonds is 6. The van der Waals surface area contributed by atoms with Crippen LogP contribution in [0.3, 0.4) is 0 Å². The highest BCUT2D eigenvalue weighted by molar-refractivity contribution is 5.88. The zero-order chi connectivity index (χ0) is 32.1. The van der Waals surface area contributed by atoms with E-state index in [1.54, 1.807) is 0 Å². The molecule has 4 nitrogen and oxygen atoms in total. The van der Waals surface area contributed by atoms with Crippen LogP contribution >= 0.6 is 0 Å². The zero-order valence-electron chi connectivity index (χ0n) is 26.9. The predicted molar refractivity (Wildman–Crippen MR) is 192 cm³/mol. The minimum atomic E-state index is 0.343. The number of hydrogen-bond acceptors (Lipinski definition) is 4. The van der Waals surface area contributed by atoms with Crippen molar-refractivity contribution in [2.75, 3.05) is 0 Å². The lowest BCUT2D eigenvalue weighted by Crippen LogP contribution is -2.48. The molecule has 4 bridgehead atoms. The SMILES string of the molecule is N#Cc1cc(-c2nc(-c3ccccc3)nc(-c3ccccc3)n2)c(-c2ccccc2)cc1-c1ccc(C23C[C@H]4C[C@@H](C2)C[C@@H](C3)C4)cc1. The summed E-state index contributed by atoms with van der Waals surface area (Å²) in [5.41, 5.74) is 9.11. The van der Waals surface area contributed by atoms with Gasteiger partial charge < -0.3 is 0 Å². The highest BCUT2D eigenvalue weighted by Gasteiger charge is 2.51. The van der Waals surface area contributed by atoms with Gasteiger partial charge in [-0.15, -0.1) is 0 Å². The summed E-state index contributed by atoms with van der Waals surface area (Å²) in [5.74, 6) is 4.45. The van der Waals surface area contributed by atoms with Crippen LogP contribution in [0, 0.1) is 29.1 Å². The molecule has 4 fully saturated rings. The van der Waals surface area contributed by atoms with Gasteiger partial charge in [0, 0.05) is 22.3 Å². The summed E-state index contributed by atoms with van der Waals surface area (Å²) in [6.07, 6.45) is 8.36. The second kappa shape index (κ2) is 11.7. The Labute approximate surface area is 282 Å². The van der Waals surface area contributed by atoms with E-state index in [1.807, 2.05) is 72.8 Å². The number of hydrogen-bond donors (Lipinski definition) is 0. The Morgan fingerprint density at radius 1 is 0.479 bits per heavy atom. The monoisotopic (exact) mass is 620 g/mol. The summed E-state index contributed by atoms with van der Waals surface area (Å²) in [6.45, 7) is 0. The molecule has 0 spiro atoms. The first-order chi connectivity index (χ1) is 23.6. The molecule has 0 amide bonds. The van der Waals surface area contributed by atoms with Crippen molar-refractivity contribution in [2.45, 2.75) is 43.9 Å². The van der Waals surface area contributed by atoms with Gasteiger partial charge in [-0.2, -0.15) is 5.26 Å². The molecule has 1 heterocycles. The summed E-state index contributed by atoms with van der Waals surface area (Å²) in [4.78, 5) is 15.0. The van der Waals surface area contributed by atoms with Crippen LogP contribution in [0.2, 0.25) is 0 Å². The third kappa shape index (κ3) is 5.11. The van der Waals surface area contributed by atoms with Crippen LogP contribution in [0.1, 0.15) is 49.7 Å². The number of nitrogens with zero attached hydrogens (tertiary/aromatic N) is 4. The Balaban J connectivity index is 1.18. The first-order valence-corrected chi connectivity index (χ1v) is 17.3. The van der Waals surface area contributed by atoms with E-state index in [2.05, 4.69) is 60.7 Å². The van der Waals surface area contributed by atoms with Crippen molar-refractivity contribution in [1.29, 1.82) is 5.26 Å². The number of aromatic nitrogens is 3. The molecule has 4 aliphatic rings. The normalized spacial score (nSPS) is 22.4. The Hall–Kier alpha value is -5.40. The fourth-order valence-electron chi connectivity index (χ4n) is 9.37. The molecule has 10 rings (SSSR count). The maximum atomic E-state index is 10.6. The van der Waals surface area contributed by atoms with E-state index in [9.17, 15) is 5.26 Å². The van der Waals surface area contributed by atoms with E-state index >= 15 is 0 Å². The Kier molecular flexibility index (Phi) is 7.01. The van der Waals surface area contributed by atoms with Crippen molar-refractivity contribution >= 4 is 0 Å². The van der Waals surface area contributed by atoms with Crippen LogP contribution in [-0.2, 0) is 5.41 Å². The molecule has 0 unspecified atom stereocenters. The molecule has 0 saturated heterocycles. The van der Waals surface area contributed by atoms with Crippen molar-refractivity contribution in [3.63, 3.8) is 0 Å². The molecule has 232 valence electrons. The first-order valence-electron chi connectivity index (χ1n) is 17.3. The lowest BCUT2D eigenvalue weighted by molar-refractivity contribution is -0.00518. The summed E-state index contributed by atoms with van der Waals surface area (Å²) in [7, 11) is 0. The van der Waals surface area contributed by atoms with Gasteiger partial charge in [0.1, 0.15) is 0 Å².